The van der Waals surface area contributed by atoms with Crippen molar-refractivity contribution in [1.29, 1.82) is 0 Å². The van der Waals surface area contributed by atoms with Gasteiger partial charge in [-0.2, -0.15) is 0 Å². The molecular formula is C7H13N3O2. The molecule has 1 rings (SSSR count). The van der Waals surface area contributed by atoms with Gasteiger partial charge in [0, 0.05) is 19.6 Å². The fourth-order valence-electron chi connectivity index (χ4n) is 1.23. The first-order valence-corrected chi connectivity index (χ1v) is 3.90. The molecule has 0 bridgehead atoms. The van der Waals surface area contributed by atoms with Crippen LogP contribution in [0.3, 0.4) is 0 Å². The van der Waals surface area contributed by atoms with E-state index in [-0.39, 0.29) is 11.9 Å². The van der Waals surface area contributed by atoms with Gasteiger partial charge in [-0.25, -0.2) is 0 Å². The first-order valence-electron chi connectivity index (χ1n) is 3.90. The predicted octanol–water partition coefficient (Wildman–Crippen LogP) is -1.84. The Hall–Kier alpha value is -0.940. The van der Waals surface area contributed by atoms with Gasteiger partial charge >= 0.3 is 0 Å². The van der Waals surface area contributed by atoms with Gasteiger partial charge in [-0.05, 0) is 7.05 Å². The number of hydrogen-bond acceptors (Lipinski definition) is 4. The zero-order chi connectivity index (χ0) is 8.97. The van der Waals surface area contributed by atoms with Crippen molar-refractivity contribution in [1.82, 2.24) is 15.5 Å². The highest BCUT2D eigenvalue weighted by Gasteiger charge is 2.22. The fourth-order valence-corrected chi connectivity index (χ4v) is 1.23. The molecule has 1 fully saturated rings. The van der Waals surface area contributed by atoms with E-state index in [4.69, 9.17) is 0 Å². The van der Waals surface area contributed by atoms with E-state index in [1.165, 1.54) is 0 Å². The summed E-state index contributed by atoms with van der Waals surface area (Å²) < 4.78 is 0. The molecule has 1 unspecified atom stereocenters. The van der Waals surface area contributed by atoms with Crippen LogP contribution in [-0.4, -0.2) is 49.9 Å². The minimum atomic E-state index is -0.256. The highest BCUT2D eigenvalue weighted by molar-refractivity contribution is 5.90. The summed E-state index contributed by atoms with van der Waals surface area (Å²) in [6, 6.07) is -0.256. The molecule has 5 heteroatoms. The van der Waals surface area contributed by atoms with Crippen molar-refractivity contribution < 1.29 is 9.59 Å². The van der Waals surface area contributed by atoms with Crippen LogP contribution in [0.1, 0.15) is 0 Å². The van der Waals surface area contributed by atoms with Crippen LogP contribution in [0.5, 0.6) is 0 Å². The summed E-state index contributed by atoms with van der Waals surface area (Å²) in [5, 5.41) is 5.15. The molecule has 0 aromatic heterocycles. The summed E-state index contributed by atoms with van der Waals surface area (Å²) in [5.74, 6) is -0.253. The van der Waals surface area contributed by atoms with Gasteiger partial charge in [-0.3, -0.25) is 14.9 Å². The Morgan fingerprint density at radius 3 is 3.08 bits per heavy atom. The highest BCUT2D eigenvalue weighted by Crippen LogP contribution is 1.94. The number of carbonyl (C=O) groups excluding carboxylic acids is 2. The summed E-state index contributed by atoms with van der Waals surface area (Å²) in [5.41, 5.74) is 0. The van der Waals surface area contributed by atoms with E-state index in [1.807, 2.05) is 11.9 Å². The van der Waals surface area contributed by atoms with E-state index in [9.17, 15) is 9.59 Å². The minimum Gasteiger partial charge on any atom is -0.304 e. The van der Waals surface area contributed by atoms with Gasteiger partial charge in [0.05, 0.1) is 6.04 Å². The smallest absolute Gasteiger partial charge is 0.244 e. The van der Waals surface area contributed by atoms with Crippen molar-refractivity contribution in [3.63, 3.8) is 0 Å². The van der Waals surface area contributed by atoms with Crippen molar-refractivity contribution in [2.75, 3.05) is 26.7 Å². The molecule has 1 aliphatic heterocycles. The summed E-state index contributed by atoms with van der Waals surface area (Å²) in [7, 11) is 1.95. The molecule has 0 aliphatic carbocycles. The third kappa shape index (κ3) is 2.28. The second-order valence-electron chi connectivity index (χ2n) is 2.90. The minimum absolute atomic E-state index is 0.253. The molecule has 0 spiro atoms. The van der Waals surface area contributed by atoms with Gasteiger partial charge in [0.15, 0.2) is 0 Å². The van der Waals surface area contributed by atoms with Crippen molar-refractivity contribution in [2.24, 2.45) is 0 Å². The number of likely N-dealkylation sites (N-methyl/N-ethyl adjacent to an activating group) is 1. The third-order valence-electron chi connectivity index (χ3n) is 1.90. The number of amides is 2. The predicted molar refractivity (Wildman–Crippen MR) is 43.5 cm³/mol. The van der Waals surface area contributed by atoms with Gasteiger partial charge in [-0.1, -0.05) is 0 Å². The van der Waals surface area contributed by atoms with Crippen LogP contribution in [-0.2, 0) is 9.59 Å². The first kappa shape index (κ1) is 9.15. The van der Waals surface area contributed by atoms with Crippen molar-refractivity contribution in [3.05, 3.63) is 0 Å². The third-order valence-corrected chi connectivity index (χ3v) is 1.90. The number of nitrogens with zero attached hydrogens (tertiary/aromatic N) is 1. The Bertz CT molecular complexity index is 183. The monoisotopic (exact) mass is 171 g/mol. The van der Waals surface area contributed by atoms with Crippen LogP contribution in [0.15, 0.2) is 0 Å². The molecule has 2 amide bonds. The van der Waals surface area contributed by atoms with Crippen LogP contribution in [0, 0.1) is 0 Å². The van der Waals surface area contributed by atoms with Crippen molar-refractivity contribution in [2.45, 2.75) is 6.04 Å². The molecular weight excluding hydrogens is 158 g/mol. The lowest BCUT2D eigenvalue weighted by atomic mass is 10.2. The topological polar surface area (TPSA) is 61.4 Å². The maximum absolute atomic E-state index is 11.1. The molecule has 12 heavy (non-hydrogen) atoms. The molecule has 1 heterocycles. The van der Waals surface area contributed by atoms with Gasteiger partial charge in [-0.15, -0.1) is 0 Å². The van der Waals surface area contributed by atoms with Crippen molar-refractivity contribution >= 4 is 12.3 Å². The normalized spacial score (nSPS) is 24.9. The lowest BCUT2D eigenvalue weighted by molar-refractivity contribution is -0.127. The molecule has 68 valence electrons. The lowest BCUT2D eigenvalue weighted by Crippen LogP contribution is -2.55. The molecule has 1 atom stereocenters. The molecule has 0 aromatic carbocycles. The van der Waals surface area contributed by atoms with E-state index in [2.05, 4.69) is 10.6 Å². The number of hydrogen-bond donors (Lipinski definition) is 2. The van der Waals surface area contributed by atoms with Gasteiger partial charge < -0.3 is 10.2 Å². The van der Waals surface area contributed by atoms with E-state index in [0.717, 1.165) is 13.1 Å². The lowest BCUT2D eigenvalue weighted by Gasteiger charge is -2.29. The van der Waals surface area contributed by atoms with E-state index >= 15 is 0 Å². The number of rotatable bonds is 2. The van der Waals surface area contributed by atoms with Crippen molar-refractivity contribution in [3.8, 4) is 0 Å². The van der Waals surface area contributed by atoms with Gasteiger partial charge in [0.1, 0.15) is 0 Å². The zero-order valence-electron chi connectivity index (χ0n) is 7.04. The average molecular weight is 171 g/mol. The number of imide groups is 1. The Kier molecular flexibility index (Phi) is 3.19. The summed E-state index contributed by atoms with van der Waals surface area (Å²) in [6.07, 6.45) is 0.415. The molecule has 0 radical (unpaired) electrons. The molecule has 2 N–H and O–H groups in total. The maximum atomic E-state index is 11.1. The Balaban J connectivity index is 2.39. The molecule has 0 saturated carbocycles. The molecule has 1 saturated heterocycles. The summed E-state index contributed by atoms with van der Waals surface area (Å²) in [6.45, 7) is 2.37. The standard InChI is InChI=1S/C7H13N3O2/c1-10-3-2-8-6(4-10)7(12)9-5-11/h5-6,8H,2-4H2,1H3,(H,9,11,12). The largest absolute Gasteiger partial charge is 0.304 e. The van der Waals surface area contributed by atoms with Gasteiger partial charge in [0.25, 0.3) is 0 Å². The summed E-state index contributed by atoms with van der Waals surface area (Å²) >= 11 is 0. The van der Waals surface area contributed by atoms with E-state index < -0.39 is 0 Å². The number of piperazine rings is 1. The number of nitrogens with one attached hydrogen (secondary N) is 2. The Morgan fingerprint density at radius 2 is 2.50 bits per heavy atom. The van der Waals surface area contributed by atoms with Crippen LogP contribution in [0.4, 0.5) is 0 Å². The van der Waals surface area contributed by atoms with Crippen LogP contribution >= 0.6 is 0 Å². The second-order valence-corrected chi connectivity index (χ2v) is 2.90. The summed E-state index contributed by atoms with van der Waals surface area (Å²) in [4.78, 5) is 23.1. The number of carbonyl (C=O) groups is 2. The van der Waals surface area contributed by atoms with Crippen LogP contribution < -0.4 is 10.6 Å². The van der Waals surface area contributed by atoms with E-state index in [0.29, 0.717) is 13.0 Å². The first-order chi connectivity index (χ1) is 5.74. The van der Waals surface area contributed by atoms with Crippen LogP contribution in [0.25, 0.3) is 0 Å². The second kappa shape index (κ2) is 4.18. The average Bonchev–Trinajstić information content (AvgIpc) is 2.05. The Morgan fingerprint density at radius 1 is 1.75 bits per heavy atom. The quantitative estimate of drug-likeness (QED) is 0.479. The fraction of sp³-hybridized carbons (Fsp3) is 0.714. The SMILES string of the molecule is CN1CCNC(C(=O)NC=O)C1. The van der Waals surface area contributed by atoms with Crippen LogP contribution in [0.2, 0.25) is 0 Å². The van der Waals surface area contributed by atoms with E-state index in [1.54, 1.807) is 0 Å². The maximum Gasteiger partial charge on any atom is 0.244 e. The molecule has 0 aromatic rings. The Labute approximate surface area is 71.1 Å². The molecule has 1 aliphatic rings. The molecule has 5 nitrogen and oxygen atoms in total. The zero-order valence-corrected chi connectivity index (χ0v) is 7.04. The highest BCUT2D eigenvalue weighted by atomic mass is 16.2. The van der Waals surface area contributed by atoms with Gasteiger partial charge in [0.2, 0.25) is 12.3 Å².